The van der Waals surface area contributed by atoms with E-state index in [0.29, 0.717) is 34.4 Å². The maximum Gasteiger partial charge on any atom is 0.262 e. The van der Waals surface area contributed by atoms with Crippen LogP contribution in [0.4, 0.5) is 0 Å². The van der Waals surface area contributed by atoms with Crippen LogP contribution in [0.1, 0.15) is 45.4 Å². The van der Waals surface area contributed by atoms with Crippen molar-refractivity contribution in [3.05, 3.63) is 33.0 Å². The second-order valence-corrected chi connectivity index (χ2v) is 8.96. The Morgan fingerprint density at radius 3 is 2.78 bits per heavy atom. The molecule has 5 nitrogen and oxygen atoms in total. The highest BCUT2D eigenvalue weighted by atomic mass is 79.9. The molecule has 0 radical (unpaired) electrons. The van der Waals surface area contributed by atoms with Crippen molar-refractivity contribution >= 4 is 44.5 Å². The number of aromatic nitrogens is 2. The maximum absolute atomic E-state index is 12.9. The first kappa shape index (κ1) is 20.4. The zero-order valence-electron chi connectivity index (χ0n) is 15.9. The standard InChI is InChI=1S/C20H26BrN3O2S/c1-3-11-24-19(26)16-12-14(21)9-10-17(16)22-20(24)27-13-18(25)23(2)15-7-5-4-6-8-15/h9-10,12,15H,3-8,11,13H2,1-2H3. The summed E-state index contributed by atoms with van der Waals surface area (Å²) < 4.78 is 2.56. The molecule has 1 saturated carbocycles. The fourth-order valence-corrected chi connectivity index (χ4v) is 4.91. The Bertz CT molecular complexity index is 877. The number of benzene rings is 1. The SMILES string of the molecule is CCCn1c(SCC(=O)N(C)C2CCCCC2)nc2ccc(Br)cc2c1=O. The highest BCUT2D eigenvalue weighted by Crippen LogP contribution is 2.24. The van der Waals surface area contributed by atoms with Crippen molar-refractivity contribution in [2.75, 3.05) is 12.8 Å². The van der Waals surface area contributed by atoms with E-state index in [-0.39, 0.29) is 11.5 Å². The second kappa shape index (κ2) is 9.24. The molecular formula is C20H26BrN3O2S. The molecule has 1 heterocycles. The number of carbonyl (C=O) groups is 1. The minimum atomic E-state index is -0.0428. The van der Waals surface area contributed by atoms with Crippen LogP contribution in [-0.4, -0.2) is 39.2 Å². The Labute approximate surface area is 172 Å². The molecule has 146 valence electrons. The molecule has 0 aliphatic heterocycles. The fourth-order valence-electron chi connectivity index (χ4n) is 3.60. The number of nitrogens with zero attached hydrogens (tertiary/aromatic N) is 3. The van der Waals surface area contributed by atoms with Crippen molar-refractivity contribution < 1.29 is 4.79 Å². The summed E-state index contributed by atoms with van der Waals surface area (Å²) in [6, 6.07) is 5.89. The van der Waals surface area contributed by atoms with Gasteiger partial charge in [0.05, 0.1) is 16.7 Å². The maximum atomic E-state index is 12.9. The predicted octanol–water partition coefficient (Wildman–Crippen LogP) is 4.45. The molecule has 1 aromatic heterocycles. The number of amides is 1. The third-order valence-electron chi connectivity index (χ3n) is 5.17. The zero-order chi connectivity index (χ0) is 19.4. The monoisotopic (exact) mass is 451 g/mol. The molecule has 3 rings (SSSR count). The van der Waals surface area contributed by atoms with Crippen molar-refractivity contribution in [3.8, 4) is 0 Å². The van der Waals surface area contributed by atoms with E-state index in [0.717, 1.165) is 23.7 Å². The van der Waals surface area contributed by atoms with E-state index in [1.165, 1.54) is 31.0 Å². The molecule has 1 aliphatic rings. The molecule has 0 spiro atoms. The first-order valence-electron chi connectivity index (χ1n) is 9.59. The minimum Gasteiger partial charge on any atom is -0.342 e. The first-order chi connectivity index (χ1) is 13.0. The summed E-state index contributed by atoms with van der Waals surface area (Å²) >= 11 is 4.79. The third-order valence-corrected chi connectivity index (χ3v) is 6.62. The van der Waals surface area contributed by atoms with Crippen molar-refractivity contribution in [2.45, 2.75) is 63.2 Å². The van der Waals surface area contributed by atoms with Gasteiger partial charge in [-0.05, 0) is 37.5 Å². The molecule has 1 aromatic carbocycles. The van der Waals surface area contributed by atoms with Gasteiger partial charge in [0.15, 0.2) is 5.16 Å². The Morgan fingerprint density at radius 2 is 2.07 bits per heavy atom. The molecule has 1 aliphatic carbocycles. The lowest BCUT2D eigenvalue weighted by Crippen LogP contribution is -2.39. The van der Waals surface area contributed by atoms with Crippen LogP contribution in [-0.2, 0) is 11.3 Å². The average molecular weight is 452 g/mol. The van der Waals surface area contributed by atoms with E-state index in [1.54, 1.807) is 4.57 Å². The van der Waals surface area contributed by atoms with Crippen molar-refractivity contribution in [3.63, 3.8) is 0 Å². The summed E-state index contributed by atoms with van der Waals surface area (Å²) in [6.45, 7) is 2.64. The molecule has 0 bridgehead atoms. The molecular weight excluding hydrogens is 426 g/mol. The number of carbonyl (C=O) groups excluding carboxylic acids is 1. The highest BCUT2D eigenvalue weighted by molar-refractivity contribution is 9.10. The summed E-state index contributed by atoms with van der Waals surface area (Å²) in [4.78, 5) is 32.1. The van der Waals surface area contributed by atoms with Gasteiger partial charge in [-0.15, -0.1) is 0 Å². The quantitative estimate of drug-likeness (QED) is 0.480. The number of thioether (sulfide) groups is 1. The van der Waals surface area contributed by atoms with E-state index in [1.807, 2.05) is 37.1 Å². The smallest absolute Gasteiger partial charge is 0.262 e. The van der Waals surface area contributed by atoms with Crippen molar-refractivity contribution in [1.82, 2.24) is 14.5 Å². The van der Waals surface area contributed by atoms with Gasteiger partial charge in [-0.3, -0.25) is 14.2 Å². The van der Waals surface area contributed by atoms with Gasteiger partial charge in [0.25, 0.3) is 5.56 Å². The second-order valence-electron chi connectivity index (χ2n) is 7.10. The average Bonchev–Trinajstić information content (AvgIpc) is 2.69. The normalized spacial score (nSPS) is 15.2. The van der Waals surface area contributed by atoms with E-state index in [4.69, 9.17) is 0 Å². The fraction of sp³-hybridized carbons (Fsp3) is 0.550. The molecule has 0 saturated heterocycles. The molecule has 1 fully saturated rings. The number of fused-ring (bicyclic) bond motifs is 1. The lowest BCUT2D eigenvalue weighted by Gasteiger charge is -2.31. The predicted molar refractivity (Wildman–Crippen MR) is 114 cm³/mol. The molecule has 7 heteroatoms. The molecule has 2 aromatic rings. The van der Waals surface area contributed by atoms with Gasteiger partial charge in [-0.25, -0.2) is 4.98 Å². The molecule has 0 unspecified atom stereocenters. The number of rotatable bonds is 6. The van der Waals surface area contributed by atoms with Gasteiger partial charge in [-0.2, -0.15) is 0 Å². The number of hydrogen-bond acceptors (Lipinski definition) is 4. The van der Waals surface area contributed by atoms with E-state index in [2.05, 4.69) is 20.9 Å². The largest absolute Gasteiger partial charge is 0.342 e. The van der Waals surface area contributed by atoms with Crippen LogP contribution in [0.2, 0.25) is 0 Å². The zero-order valence-corrected chi connectivity index (χ0v) is 18.3. The Morgan fingerprint density at radius 1 is 1.33 bits per heavy atom. The van der Waals surface area contributed by atoms with Gasteiger partial charge in [0.1, 0.15) is 0 Å². The van der Waals surface area contributed by atoms with Crippen LogP contribution in [0.25, 0.3) is 10.9 Å². The molecule has 0 N–H and O–H groups in total. The summed E-state index contributed by atoms with van der Waals surface area (Å²) in [5.41, 5.74) is 0.630. The van der Waals surface area contributed by atoms with Crippen LogP contribution in [0.5, 0.6) is 0 Å². The van der Waals surface area contributed by atoms with E-state index < -0.39 is 0 Å². The number of hydrogen-bond donors (Lipinski definition) is 0. The Balaban J connectivity index is 1.81. The Kier molecular flexibility index (Phi) is 6.98. The van der Waals surface area contributed by atoms with Gasteiger partial charge in [0.2, 0.25) is 5.91 Å². The summed E-state index contributed by atoms with van der Waals surface area (Å²) in [5, 5.41) is 1.23. The molecule has 0 atom stereocenters. The summed E-state index contributed by atoms with van der Waals surface area (Å²) in [7, 11) is 1.91. The van der Waals surface area contributed by atoms with E-state index in [9.17, 15) is 9.59 Å². The van der Waals surface area contributed by atoms with Crippen LogP contribution >= 0.6 is 27.7 Å². The lowest BCUT2D eigenvalue weighted by atomic mass is 9.94. The minimum absolute atomic E-state index is 0.0428. The van der Waals surface area contributed by atoms with Gasteiger partial charge in [0, 0.05) is 24.1 Å². The molecule has 27 heavy (non-hydrogen) atoms. The van der Waals surface area contributed by atoms with E-state index >= 15 is 0 Å². The Hall–Kier alpha value is -1.34. The van der Waals surface area contributed by atoms with Gasteiger partial charge >= 0.3 is 0 Å². The summed E-state index contributed by atoms with van der Waals surface area (Å²) in [5.74, 6) is 0.422. The third kappa shape index (κ3) is 4.74. The first-order valence-corrected chi connectivity index (χ1v) is 11.4. The highest BCUT2D eigenvalue weighted by Gasteiger charge is 2.22. The van der Waals surface area contributed by atoms with Crippen molar-refractivity contribution in [2.24, 2.45) is 0 Å². The summed E-state index contributed by atoms with van der Waals surface area (Å²) in [6.07, 6.45) is 6.70. The lowest BCUT2D eigenvalue weighted by molar-refractivity contribution is -0.129. The van der Waals surface area contributed by atoms with Crippen LogP contribution in [0.3, 0.4) is 0 Å². The van der Waals surface area contributed by atoms with Crippen LogP contribution in [0.15, 0.2) is 32.6 Å². The van der Waals surface area contributed by atoms with Crippen LogP contribution in [0, 0.1) is 0 Å². The van der Waals surface area contributed by atoms with Crippen molar-refractivity contribution in [1.29, 1.82) is 0 Å². The van der Waals surface area contributed by atoms with Crippen LogP contribution < -0.4 is 5.56 Å². The number of halogens is 1. The van der Waals surface area contributed by atoms with Gasteiger partial charge in [-0.1, -0.05) is 53.9 Å². The molecule has 1 amide bonds. The topological polar surface area (TPSA) is 55.2 Å². The van der Waals surface area contributed by atoms with Gasteiger partial charge < -0.3 is 4.90 Å².